The molecule has 0 saturated carbocycles. The first kappa shape index (κ1) is 16.8. The zero-order valence-corrected chi connectivity index (χ0v) is 13.7. The SMILES string of the molecule is CCNC(=S)NNC(=O)COc1ccc(-c2ccccc2)cc1. The first-order chi connectivity index (χ1) is 11.2. The minimum Gasteiger partial charge on any atom is -0.484 e. The molecule has 0 aliphatic carbocycles. The lowest BCUT2D eigenvalue weighted by Crippen LogP contribution is -2.48. The monoisotopic (exact) mass is 329 g/mol. The van der Waals surface area contributed by atoms with Crippen LogP contribution in [0.4, 0.5) is 0 Å². The molecule has 0 bridgehead atoms. The first-order valence-electron chi connectivity index (χ1n) is 7.30. The van der Waals surface area contributed by atoms with Crippen molar-refractivity contribution in [2.24, 2.45) is 0 Å². The van der Waals surface area contributed by atoms with Crippen LogP contribution in [0.25, 0.3) is 11.1 Å². The van der Waals surface area contributed by atoms with Crippen LogP contribution in [0.15, 0.2) is 54.6 Å². The number of benzene rings is 2. The molecule has 6 heteroatoms. The van der Waals surface area contributed by atoms with Crippen molar-refractivity contribution in [3.8, 4) is 16.9 Å². The molecule has 0 fully saturated rings. The van der Waals surface area contributed by atoms with Gasteiger partial charge in [0.2, 0.25) is 0 Å². The Morgan fingerprint density at radius 3 is 2.30 bits per heavy atom. The topological polar surface area (TPSA) is 62.4 Å². The van der Waals surface area contributed by atoms with Gasteiger partial charge in [-0.2, -0.15) is 0 Å². The maximum Gasteiger partial charge on any atom is 0.276 e. The normalized spacial score (nSPS) is 9.78. The van der Waals surface area contributed by atoms with Gasteiger partial charge in [0.05, 0.1) is 0 Å². The standard InChI is InChI=1S/C17H19N3O2S/c1-2-18-17(23)20-19-16(21)12-22-15-10-8-14(9-11-15)13-6-4-3-5-7-13/h3-11H,2,12H2,1H3,(H,19,21)(H2,18,20,23). The van der Waals surface area contributed by atoms with E-state index in [0.717, 1.165) is 11.1 Å². The van der Waals surface area contributed by atoms with Crippen molar-refractivity contribution in [1.82, 2.24) is 16.2 Å². The van der Waals surface area contributed by atoms with Gasteiger partial charge in [0.25, 0.3) is 5.91 Å². The van der Waals surface area contributed by atoms with Crippen LogP contribution in [0.3, 0.4) is 0 Å². The van der Waals surface area contributed by atoms with Crippen molar-refractivity contribution >= 4 is 23.2 Å². The van der Waals surface area contributed by atoms with Gasteiger partial charge in [-0.25, -0.2) is 0 Å². The summed E-state index contributed by atoms with van der Waals surface area (Å²) in [5, 5.41) is 3.23. The summed E-state index contributed by atoms with van der Waals surface area (Å²) < 4.78 is 5.44. The van der Waals surface area contributed by atoms with Gasteiger partial charge in [-0.1, -0.05) is 42.5 Å². The summed E-state index contributed by atoms with van der Waals surface area (Å²) in [4.78, 5) is 11.6. The Morgan fingerprint density at radius 1 is 1.00 bits per heavy atom. The van der Waals surface area contributed by atoms with Crippen LogP contribution in [0, 0.1) is 0 Å². The molecule has 23 heavy (non-hydrogen) atoms. The highest BCUT2D eigenvalue weighted by molar-refractivity contribution is 7.80. The first-order valence-corrected chi connectivity index (χ1v) is 7.71. The van der Waals surface area contributed by atoms with E-state index >= 15 is 0 Å². The summed E-state index contributed by atoms with van der Waals surface area (Å²) in [6.07, 6.45) is 0. The number of rotatable bonds is 5. The number of amides is 1. The highest BCUT2D eigenvalue weighted by Gasteiger charge is 2.04. The van der Waals surface area contributed by atoms with Crippen LogP contribution in [-0.2, 0) is 4.79 Å². The molecule has 0 heterocycles. The lowest BCUT2D eigenvalue weighted by Gasteiger charge is -2.11. The summed E-state index contributed by atoms with van der Waals surface area (Å²) in [5.74, 6) is 0.325. The number of hydrogen-bond acceptors (Lipinski definition) is 3. The van der Waals surface area contributed by atoms with E-state index in [2.05, 4.69) is 16.2 Å². The van der Waals surface area contributed by atoms with Crippen molar-refractivity contribution in [2.45, 2.75) is 6.92 Å². The van der Waals surface area contributed by atoms with Crippen molar-refractivity contribution in [3.05, 3.63) is 54.6 Å². The molecule has 1 amide bonds. The van der Waals surface area contributed by atoms with E-state index in [1.165, 1.54) is 0 Å². The average molecular weight is 329 g/mol. The second kappa shape index (κ2) is 8.75. The molecule has 0 atom stereocenters. The Morgan fingerprint density at radius 2 is 1.65 bits per heavy atom. The number of hydrazine groups is 1. The molecule has 0 aliphatic heterocycles. The zero-order chi connectivity index (χ0) is 16.5. The molecule has 0 unspecified atom stereocenters. The number of carbonyl (C=O) groups excluding carboxylic acids is 1. The van der Waals surface area contributed by atoms with Crippen LogP contribution in [0.1, 0.15) is 6.92 Å². The van der Waals surface area contributed by atoms with E-state index in [9.17, 15) is 4.79 Å². The highest BCUT2D eigenvalue weighted by Crippen LogP contribution is 2.21. The molecule has 0 spiro atoms. The second-order valence-corrected chi connectivity index (χ2v) is 5.12. The summed E-state index contributed by atoms with van der Waals surface area (Å²) in [7, 11) is 0. The van der Waals surface area contributed by atoms with E-state index < -0.39 is 0 Å². The van der Waals surface area contributed by atoms with Crippen molar-refractivity contribution < 1.29 is 9.53 Å². The molecule has 0 radical (unpaired) electrons. The maximum atomic E-state index is 11.6. The molecular formula is C17H19N3O2S. The number of nitrogens with one attached hydrogen (secondary N) is 3. The van der Waals surface area contributed by atoms with Crippen molar-refractivity contribution in [2.75, 3.05) is 13.2 Å². The second-order valence-electron chi connectivity index (χ2n) is 4.71. The molecule has 2 aromatic carbocycles. The molecule has 0 saturated heterocycles. The van der Waals surface area contributed by atoms with E-state index in [-0.39, 0.29) is 12.5 Å². The third kappa shape index (κ3) is 5.60. The summed E-state index contributed by atoms with van der Waals surface area (Å²) in [6.45, 7) is 2.51. The van der Waals surface area contributed by atoms with E-state index in [1.807, 2.05) is 61.5 Å². The quantitative estimate of drug-likeness (QED) is 0.580. The fraction of sp³-hybridized carbons (Fsp3) is 0.176. The molecular weight excluding hydrogens is 310 g/mol. The Labute approximate surface area is 141 Å². The molecule has 2 rings (SSSR count). The molecule has 3 N–H and O–H groups in total. The van der Waals surface area contributed by atoms with Crippen LogP contribution in [-0.4, -0.2) is 24.2 Å². The number of thiocarbonyl (C=S) groups is 1. The van der Waals surface area contributed by atoms with Gasteiger partial charge in [-0.3, -0.25) is 15.6 Å². The predicted molar refractivity (Wildman–Crippen MR) is 94.9 cm³/mol. The number of carbonyl (C=O) groups is 1. The number of hydrogen-bond donors (Lipinski definition) is 3. The third-order valence-corrected chi connectivity index (χ3v) is 3.23. The van der Waals surface area contributed by atoms with E-state index in [4.69, 9.17) is 17.0 Å². The molecule has 5 nitrogen and oxygen atoms in total. The van der Waals surface area contributed by atoms with Gasteiger partial charge in [0, 0.05) is 6.54 Å². The van der Waals surface area contributed by atoms with Crippen LogP contribution >= 0.6 is 12.2 Å². The smallest absolute Gasteiger partial charge is 0.276 e. The molecule has 2 aromatic rings. The minimum atomic E-state index is -0.308. The van der Waals surface area contributed by atoms with Crippen molar-refractivity contribution in [3.63, 3.8) is 0 Å². The van der Waals surface area contributed by atoms with Crippen LogP contribution < -0.4 is 20.9 Å². The van der Waals surface area contributed by atoms with E-state index in [0.29, 0.717) is 17.4 Å². The van der Waals surface area contributed by atoms with Gasteiger partial charge in [-0.05, 0) is 42.4 Å². The Bertz CT molecular complexity index is 645. The van der Waals surface area contributed by atoms with E-state index in [1.54, 1.807) is 0 Å². The number of ether oxygens (including phenoxy) is 1. The van der Waals surface area contributed by atoms with Crippen molar-refractivity contribution in [1.29, 1.82) is 0 Å². The minimum absolute atomic E-state index is 0.0909. The largest absolute Gasteiger partial charge is 0.484 e. The Kier molecular flexibility index (Phi) is 6.38. The highest BCUT2D eigenvalue weighted by atomic mass is 32.1. The summed E-state index contributed by atoms with van der Waals surface area (Å²) in [6, 6.07) is 17.7. The zero-order valence-electron chi connectivity index (χ0n) is 12.8. The Hall–Kier alpha value is -2.60. The fourth-order valence-corrected chi connectivity index (χ4v) is 2.09. The van der Waals surface area contributed by atoms with Gasteiger partial charge in [0.15, 0.2) is 11.7 Å². The fourth-order valence-electron chi connectivity index (χ4n) is 1.89. The third-order valence-electron chi connectivity index (χ3n) is 2.98. The lowest BCUT2D eigenvalue weighted by atomic mass is 10.1. The lowest BCUT2D eigenvalue weighted by molar-refractivity contribution is -0.123. The Balaban J connectivity index is 1.80. The molecule has 120 valence electrons. The average Bonchev–Trinajstić information content (AvgIpc) is 2.59. The molecule has 0 aromatic heterocycles. The summed E-state index contributed by atoms with van der Waals surface area (Å²) >= 11 is 4.93. The summed E-state index contributed by atoms with van der Waals surface area (Å²) in [5.41, 5.74) is 7.28. The maximum absolute atomic E-state index is 11.6. The van der Waals surface area contributed by atoms with Gasteiger partial charge >= 0.3 is 0 Å². The van der Waals surface area contributed by atoms with Crippen LogP contribution in [0.5, 0.6) is 5.75 Å². The van der Waals surface area contributed by atoms with Gasteiger partial charge in [0.1, 0.15) is 5.75 Å². The van der Waals surface area contributed by atoms with Gasteiger partial charge < -0.3 is 10.1 Å². The van der Waals surface area contributed by atoms with Crippen LogP contribution in [0.2, 0.25) is 0 Å². The van der Waals surface area contributed by atoms with Gasteiger partial charge in [-0.15, -0.1) is 0 Å². The predicted octanol–water partition coefficient (Wildman–Crippen LogP) is 2.25. The molecule has 0 aliphatic rings.